The van der Waals surface area contributed by atoms with Crippen LogP contribution in [-0.4, -0.2) is 159 Å². The number of esters is 13. The minimum atomic E-state index is -1.26. The molecule has 27 heteroatoms. The quantitative estimate of drug-likeness (QED) is 0.0716. The van der Waals surface area contributed by atoms with Gasteiger partial charge in [-0.1, -0.05) is 27.7 Å². The summed E-state index contributed by atoms with van der Waals surface area (Å²) in [7, 11) is 1.24. The summed E-state index contributed by atoms with van der Waals surface area (Å²) in [4.78, 5) is 156. The molecule has 96 heavy (non-hydrogen) atoms. The van der Waals surface area contributed by atoms with Crippen molar-refractivity contribution in [3.63, 3.8) is 0 Å². The summed E-state index contributed by atoms with van der Waals surface area (Å²) in [5.74, 6) is -6.30. The Morgan fingerprint density at radius 3 is 1.41 bits per heavy atom. The van der Waals surface area contributed by atoms with Crippen molar-refractivity contribution in [2.45, 2.75) is 228 Å². The van der Waals surface area contributed by atoms with Crippen molar-refractivity contribution in [1.29, 1.82) is 5.26 Å². The fourth-order valence-electron chi connectivity index (χ4n) is 15.9. The van der Waals surface area contributed by atoms with Crippen LogP contribution in [0.25, 0.3) is 0 Å². The molecular formula is C69H93NO26. The van der Waals surface area contributed by atoms with Crippen molar-refractivity contribution in [1.82, 2.24) is 0 Å². The van der Waals surface area contributed by atoms with E-state index in [0.29, 0.717) is 44.9 Å². The van der Waals surface area contributed by atoms with E-state index in [1.807, 2.05) is 27.7 Å². The first-order valence-electron chi connectivity index (χ1n) is 33.8. The van der Waals surface area contributed by atoms with Crippen molar-refractivity contribution in [2.75, 3.05) is 26.9 Å². The predicted molar refractivity (Wildman–Crippen MR) is 323 cm³/mol. The number of fused-ring (bicyclic) bond motifs is 4. The van der Waals surface area contributed by atoms with E-state index in [-0.39, 0.29) is 102 Å². The SMILES string of the molecule is CCC(C)(C)C(=O)OC(C)C(=O)OC1C2CC3C(=O)OC1C3C2.CCC(C)(C)C(=O)OCC(=O)OC1C2CC3C1OC(=O)C3(C#N)C2.CCC(C)(C)C(=O)OCC(=O)OC1C2CC3C1OC(=O)C3(C(=O)OC)C2.CCC(C)(C)C(=O)OCC(=O)OC1C2CCC3C(C2)C(=O)OC31. The van der Waals surface area contributed by atoms with Gasteiger partial charge in [-0.25, -0.2) is 19.2 Å². The third kappa shape index (κ3) is 13.4. The minimum Gasteiger partial charge on any atom is -0.468 e. The zero-order valence-corrected chi connectivity index (χ0v) is 57.3. The maximum absolute atomic E-state index is 12.3. The van der Waals surface area contributed by atoms with Crippen LogP contribution in [0.3, 0.4) is 0 Å². The lowest BCUT2D eigenvalue weighted by atomic mass is 9.63. The largest absolute Gasteiger partial charge is 0.468 e. The van der Waals surface area contributed by atoms with Crippen LogP contribution < -0.4 is 0 Å². The van der Waals surface area contributed by atoms with Crippen molar-refractivity contribution >= 4 is 77.6 Å². The second-order valence-electron chi connectivity index (χ2n) is 30.5. The Morgan fingerprint density at radius 2 is 0.917 bits per heavy atom. The van der Waals surface area contributed by atoms with Gasteiger partial charge in [-0.2, -0.15) is 5.26 Å². The second kappa shape index (κ2) is 27.5. The van der Waals surface area contributed by atoms with Crippen LogP contribution in [0.15, 0.2) is 0 Å². The van der Waals surface area contributed by atoms with E-state index in [4.69, 9.17) is 61.6 Å². The summed E-state index contributed by atoms with van der Waals surface area (Å²) in [6, 6.07) is 2.10. The number of carbonyl (C=O) groups excluding carboxylic acids is 13. The molecule has 13 aliphatic rings. The Hall–Kier alpha value is -7.40. The first kappa shape index (κ1) is 72.9. The zero-order valence-electron chi connectivity index (χ0n) is 57.3. The smallest absolute Gasteiger partial charge is 0.347 e. The molecule has 10 bridgehead atoms. The Morgan fingerprint density at radius 1 is 0.500 bits per heavy atom. The van der Waals surface area contributed by atoms with E-state index in [2.05, 4.69) is 6.07 Å². The van der Waals surface area contributed by atoms with Gasteiger partial charge in [0.1, 0.15) is 48.8 Å². The zero-order chi connectivity index (χ0) is 70.7. The van der Waals surface area contributed by atoms with Crippen LogP contribution in [0.2, 0.25) is 0 Å². The predicted octanol–water partition coefficient (Wildman–Crippen LogP) is 6.05. The highest BCUT2D eigenvalue weighted by Gasteiger charge is 2.76. The molecule has 9 aliphatic carbocycles. The summed E-state index contributed by atoms with van der Waals surface area (Å²) >= 11 is 0. The minimum absolute atomic E-state index is 0.0134. The van der Waals surface area contributed by atoms with Gasteiger partial charge in [0.2, 0.25) is 0 Å². The normalized spacial score (nSPS) is 35.3. The molecule has 4 aliphatic heterocycles. The lowest BCUT2D eigenvalue weighted by Crippen LogP contribution is -2.50. The van der Waals surface area contributed by atoms with Gasteiger partial charge < -0.3 is 61.6 Å². The van der Waals surface area contributed by atoms with Crippen molar-refractivity contribution in [2.24, 2.45) is 91.7 Å². The molecule has 0 N–H and O–H groups in total. The molecule has 0 spiro atoms. The Balaban J connectivity index is 0.000000150. The molecule has 0 aromatic heterocycles. The second-order valence-corrected chi connectivity index (χ2v) is 30.5. The van der Waals surface area contributed by atoms with Gasteiger partial charge in [0, 0.05) is 47.3 Å². The summed E-state index contributed by atoms with van der Waals surface area (Å²) < 4.78 is 68.4. The van der Waals surface area contributed by atoms with E-state index in [1.54, 1.807) is 55.4 Å². The van der Waals surface area contributed by atoms with E-state index in [0.717, 1.165) is 32.1 Å². The number of methoxy groups -OCH3 is 1. The maximum atomic E-state index is 12.3. The number of nitrogens with zero attached hydrogens (tertiary/aromatic N) is 1. The number of hydrogen-bond donors (Lipinski definition) is 0. The molecule has 13 rings (SSSR count). The topological polar surface area (TPSA) is 366 Å². The lowest BCUT2D eigenvalue weighted by Gasteiger charge is -2.43. The molecule has 0 aromatic carbocycles. The van der Waals surface area contributed by atoms with Gasteiger partial charge in [0.25, 0.3) is 0 Å². The average molecular weight is 1350 g/mol. The van der Waals surface area contributed by atoms with E-state index in [1.165, 1.54) is 14.0 Å². The summed E-state index contributed by atoms with van der Waals surface area (Å²) in [5, 5.41) is 9.33. The molecule has 13 fully saturated rings. The summed E-state index contributed by atoms with van der Waals surface area (Å²) in [5.41, 5.74) is -4.89. The van der Waals surface area contributed by atoms with Gasteiger partial charge in [-0.15, -0.1) is 0 Å². The van der Waals surface area contributed by atoms with Crippen LogP contribution >= 0.6 is 0 Å². The highest BCUT2D eigenvalue weighted by Crippen LogP contribution is 2.64. The molecule has 27 nitrogen and oxygen atoms in total. The molecule has 4 saturated heterocycles. The molecular weight excluding hydrogens is 1260 g/mol. The number of ether oxygens (including phenoxy) is 13. The van der Waals surface area contributed by atoms with Crippen molar-refractivity contribution in [3.8, 4) is 6.07 Å². The van der Waals surface area contributed by atoms with Crippen LogP contribution in [0.4, 0.5) is 0 Å². The molecule has 4 heterocycles. The van der Waals surface area contributed by atoms with Gasteiger partial charge >= 0.3 is 77.6 Å². The molecule has 21 atom stereocenters. The third-order valence-corrected chi connectivity index (χ3v) is 23.4. The van der Waals surface area contributed by atoms with Crippen molar-refractivity contribution < 1.29 is 124 Å². The first-order valence-corrected chi connectivity index (χ1v) is 33.8. The Bertz CT molecular complexity index is 3180. The van der Waals surface area contributed by atoms with Crippen molar-refractivity contribution in [3.05, 3.63) is 0 Å². The van der Waals surface area contributed by atoms with Crippen LogP contribution in [-0.2, 0) is 124 Å². The number of rotatable bonds is 21. The van der Waals surface area contributed by atoms with Crippen LogP contribution in [0.1, 0.15) is 173 Å². The van der Waals surface area contributed by atoms with E-state index < -0.39 is 148 Å². The molecule has 0 amide bonds. The summed E-state index contributed by atoms with van der Waals surface area (Å²) in [6.45, 7) is 21.8. The monoisotopic (exact) mass is 1350 g/mol. The fraction of sp³-hybridized carbons (Fsp3) is 0.797. The van der Waals surface area contributed by atoms with Crippen LogP contribution in [0, 0.1) is 103 Å². The van der Waals surface area contributed by atoms with E-state index in [9.17, 15) is 67.6 Å². The highest BCUT2D eigenvalue weighted by atomic mass is 16.7. The average Bonchev–Trinajstić information content (AvgIpc) is 1.55. The van der Waals surface area contributed by atoms with Gasteiger partial charge in [-0.05, 0) is 146 Å². The van der Waals surface area contributed by atoms with E-state index >= 15 is 0 Å². The number of hydrogen-bond acceptors (Lipinski definition) is 27. The summed E-state index contributed by atoms with van der Waals surface area (Å²) in [6.07, 6.45) is 3.78. The highest BCUT2D eigenvalue weighted by molar-refractivity contribution is 6.03. The van der Waals surface area contributed by atoms with Gasteiger partial charge in [0.05, 0.1) is 46.7 Å². The Labute approximate surface area is 557 Å². The third-order valence-electron chi connectivity index (χ3n) is 23.4. The molecule has 0 aromatic rings. The fourth-order valence-corrected chi connectivity index (χ4v) is 15.9. The standard InChI is InChI=1S/C18H24O8.C17H21NO6.2C17H24O6/c1-5-17(2,3)14(20)24-8-11(19)25-12-9-6-10-13(12)26-16(22)18(10,7-9)15(21)23-4;1-4-16(2,3)14(20)22-7-11(19)23-12-9-5-10-13(12)24-15(21)17(10,6-9)8-18;1-5-17(3,4)16(20)21-8(2)14(18)22-12-9-6-10-11(7-9)15(19)23-13(10)12;1-4-17(2,3)16(20)21-8-12(18)22-13-9-5-6-10-11(7-9)15(19)23-14(10)13/h9-10,12-13H,5-8H2,1-4H3;9-10,12-13H,4-7H2,1-3H3;8-13H,5-7H2,1-4H3;9-11,13-14H,4-8H2,1-3H3. The van der Waals surface area contributed by atoms with Gasteiger partial charge in [0.15, 0.2) is 36.8 Å². The maximum Gasteiger partial charge on any atom is 0.347 e. The number of carbonyl (C=O) groups is 13. The van der Waals surface area contributed by atoms with Crippen LogP contribution in [0.5, 0.6) is 0 Å². The Kier molecular flexibility index (Phi) is 20.9. The lowest BCUT2D eigenvalue weighted by molar-refractivity contribution is -0.180. The molecule has 9 saturated carbocycles. The molecule has 0 radical (unpaired) electrons. The molecule has 21 unspecified atom stereocenters. The van der Waals surface area contributed by atoms with Gasteiger partial charge in [-0.3, -0.25) is 43.2 Å². The molecule has 530 valence electrons. The first-order chi connectivity index (χ1) is 45.0. The number of nitriles is 1.